The predicted octanol–water partition coefficient (Wildman–Crippen LogP) is 13.0. The second-order valence-electron chi connectivity index (χ2n) is 13.4. The van der Waals surface area contributed by atoms with Crippen LogP contribution in [-0.4, -0.2) is 19.9 Å². The molecule has 11 heteroatoms. The first-order valence-electron chi connectivity index (χ1n) is 17.9. The summed E-state index contributed by atoms with van der Waals surface area (Å²) in [5.74, 6) is -5.10. The van der Waals surface area contributed by atoms with E-state index in [-0.39, 0.29) is 22.5 Å². The number of halogens is 5. The Morgan fingerprint density at radius 1 is 0.561 bits per heavy atom. The molecule has 0 saturated heterocycles. The quantitative estimate of drug-likeness (QED) is 0.0690. The van der Waals surface area contributed by atoms with E-state index in [9.17, 15) is 0 Å². The van der Waals surface area contributed by atoms with Crippen molar-refractivity contribution in [2.75, 3.05) is 0 Å². The van der Waals surface area contributed by atoms with Crippen LogP contribution in [0.3, 0.4) is 0 Å². The molecule has 0 fully saturated rings. The number of H-pyrrole nitrogens is 2. The van der Waals surface area contributed by atoms with Crippen molar-refractivity contribution in [3.8, 4) is 28.0 Å². The smallest absolute Gasteiger partial charge is 0.176 e. The van der Waals surface area contributed by atoms with Crippen molar-refractivity contribution >= 4 is 80.7 Å². The first-order chi connectivity index (χ1) is 27.8. The maximum absolute atomic E-state index is 16.1. The van der Waals surface area contributed by atoms with Crippen molar-refractivity contribution < 1.29 is 22.3 Å². The highest BCUT2D eigenvalue weighted by Crippen LogP contribution is 2.41. The van der Waals surface area contributed by atoms with Gasteiger partial charge in [-0.3, -0.25) is 0 Å². The summed E-state index contributed by atoms with van der Waals surface area (Å²) in [7, 11) is 0. The van der Waals surface area contributed by atoms with Crippen LogP contribution in [-0.2, 0) is 12.4 Å². The van der Waals surface area contributed by atoms with Gasteiger partial charge in [-0.25, -0.2) is 27.5 Å². The van der Waals surface area contributed by atoms with E-state index in [1.807, 2.05) is 78.9 Å². The van der Waals surface area contributed by atoms with Crippen LogP contribution in [0, 0.1) is 26.8 Å². The number of rotatable bonds is 8. The molecule has 57 heavy (non-hydrogen) atoms. The van der Waals surface area contributed by atoms with Gasteiger partial charge in [0, 0.05) is 42.5 Å². The zero-order valence-electron chi connectivity index (χ0n) is 29.8. The summed E-state index contributed by atoms with van der Waals surface area (Å²) < 4.78 is 71.0. The van der Waals surface area contributed by atoms with Crippen LogP contribution >= 0.6 is 34.4 Å². The summed E-state index contributed by atoms with van der Waals surface area (Å²) in [6.45, 7) is 0.446. The highest BCUT2D eigenvalue weighted by Gasteiger charge is 2.29. The molecule has 5 heterocycles. The molecule has 8 bridgehead atoms. The third-order valence-corrected chi connectivity index (χ3v) is 11.4. The minimum Gasteiger partial charge on any atom is -0.489 e. The highest BCUT2D eigenvalue weighted by atomic mass is 127. The first-order valence-corrected chi connectivity index (χ1v) is 19.9. The van der Waals surface area contributed by atoms with Crippen molar-refractivity contribution in [1.29, 1.82) is 0 Å². The number of nitrogens with zero attached hydrogens (tertiary/aromatic N) is 2. The summed E-state index contributed by atoms with van der Waals surface area (Å²) >= 11 is 2.97. The Kier molecular flexibility index (Phi) is 10.0. The minimum absolute atomic E-state index is 0.121. The SMILES string of the molecule is Fc1c(F)c(-c2c3nc(cc4ccc([nH]4)c(-c4ccc(OCc5ccc(I)cc5)cc4)c4nc(cc5ccc2[nH]5)C=C4)C=C3)c(F)c(F)c1SCc1ccccc1. The molecule has 7 aromatic rings. The third-order valence-electron chi connectivity index (χ3n) is 9.56. The molecule has 280 valence electrons. The van der Waals surface area contributed by atoms with Gasteiger partial charge in [0.15, 0.2) is 23.3 Å². The number of fused-ring (bicyclic) bond motifs is 8. The van der Waals surface area contributed by atoms with Crippen molar-refractivity contribution in [1.82, 2.24) is 19.9 Å². The molecule has 4 aromatic carbocycles. The molecule has 2 aliphatic heterocycles. The Hall–Kier alpha value is -5.92. The zero-order valence-corrected chi connectivity index (χ0v) is 32.8. The molecule has 0 atom stereocenters. The van der Waals surface area contributed by atoms with Gasteiger partial charge >= 0.3 is 0 Å². The van der Waals surface area contributed by atoms with Crippen LogP contribution < -0.4 is 4.74 Å². The minimum atomic E-state index is -1.51. The molecule has 0 amide bonds. The number of ether oxygens (including phenoxy) is 1. The second kappa shape index (κ2) is 15.5. The third kappa shape index (κ3) is 7.52. The Balaban J connectivity index is 1.15. The molecule has 3 aromatic heterocycles. The van der Waals surface area contributed by atoms with E-state index in [2.05, 4.69) is 37.5 Å². The van der Waals surface area contributed by atoms with Gasteiger partial charge in [-0.2, -0.15) is 0 Å². The van der Waals surface area contributed by atoms with E-state index in [4.69, 9.17) is 9.72 Å². The maximum Gasteiger partial charge on any atom is 0.176 e. The molecule has 2 N–H and O–H groups in total. The average molecular weight is 889 g/mol. The molecule has 0 saturated carbocycles. The molecule has 9 rings (SSSR count). The number of thioether (sulfide) groups is 1. The van der Waals surface area contributed by atoms with E-state index in [1.165, 1.54) is 0 Å². The van der Waals surface area contributed by atoms with Crippen molar-refractivity contribution in [2.45, 2.75) is 17.3 Å². The number of nitrogens with one attached hydrogen (secondary N) is 2. The summed E-state index contributed by atoms with van der Waals surface area (Å²) in [4.78, 5) is 15.5. The fourth-order valence-corrected chi connectivity index (χ4v) is 8.09. The van der Waals surface area contributed by atoms with E-state index in [0.29, 0.717) is 46.5 Å². The number of aromatic amines is 2. The van der Waals surface area contributed by atoms with E-state index < -0.39 is 33.7 Å². The average Bonchev–Trinajstić information content (AvgIpc) is 4.07. The number of aromatic nitrogens is 4. The first kappa shape index (κ1) is 36.7. The monoisotopic (exact) mass is 888 g/mol. The molecule has 2 aliphatic rings. The second-order valence-corrected chi connectivity index (χ2v) is 15.6. The predicted molar refractivity (Wildman–Crippen MR) is 229 cm³/mol. The summed E-state index contributed by atoms with van der Waals surface area (Å²) in [6.07, 6.45) is 7.04. The Morgan fingerprint density at radius 3 is 1.75 bits per heavy atom. The van der Waals surface area contributed by atoms with Crippen LogP contribution in [0.25, 0.3) is 68.6 Å². The van der Waals surface area contributed by atoms with Gasteiger partial charge in [-0.15, -0.1) is 11.8 Å². The van der Waals surface area contributed by atoms with Crippen LogP contribution in [0.1, 0.15) is 33.9 Å². The van der Waals surface area contributed by atoms with Gasteiger partial charge in [0.25, 0.3) is 0 Å². The van der Waals surface area contributed by atoms with Gasteiger partial charge in [-0.1, -0.05) is 54.6 Å². The maximum atomic E-state index is 16.1. The standard InChI is InChI=1S/C46H29F4IN4OS/c47-42-41(43(48)45(50)46(44(42)49)57-25-27-4-2-1-3-5-27)40-37-20-14-32(54-37)22-30-12-18-35(52-30)39(36-19-13-31(53-36)23-33-15-21-38(40)55-33)28-8-16-34(17-9-28)56-24-26-6-10-29(51)11-7-26/h1-23,52,55H,24-25H2. The lowest BCUT2D eigenvalue weighted by Gasteiger charge is -2.13. The van der Waals surface area contributed by atoms with Gasteiger partial charge < -0.3 is 14.7 Å². The van der Waals surface area contributed by atoms with Gasteiger partial charge in [0.1, 0.15) is 12.4 Å². The van der Waals surface area contributed by atoms with Gasteiger partial charge in [-0.05, 0) is 124 Å². The number of benzene rings is 4. The molecular formula is C46H29F4IN4OS. The molecule has 0 radical (unpaired) electrons. The Bertz CT molecular complexity index is 2880. The summed E-state index contributed by atoms with van der Waals surface area (Å²) in [6, 6.07) is 35.7. The molecule has 0 unspecified atom stereocenters. The zero-order chi connectivity index (χ0) is 39.0. The topological polar surface area (TPSA) is 66.6 Å². The fourth-order valence-electron chi connectivity index (χ4n) is 6.79. The van der Waals surface area contributed by atoms with E-state index in [1.54, 1.807) is 60.7 Å². The molecule has 5 nitrogen and oxygen atoms in total. The van der Waals surface area contributed by atoms with Crippen LogP contribution in [0.15, 0.2) is 120 Å². The van der Waals surface area contributed by atoms with Crippen LogP contribution in [0.2, 0.25) is 0 Å². The molecule has 0 spiro atoms. The van der Waals surface area contributed by atoms with E-state index in [0.717, 1.165) is 37.1 Å². The Morgan fingerprint density at radius 2 is 1.14 bits per heavy atom. The lowest BCUT2D eigenvalue weighted by molar-refractivity contribution is 0.306. The highest BCUT2D eigenvalue weighted by molar-refractivity contribution is 14.1. The van der Waals surface area contributed by atoms with Crippen LogP contribution in [0.5, 0.6) is 5.75 Å². The van der Waals surface area contributed by atoms with Crippen molar-refractivity contribution in [2.24, 2.45) is 0 Å². The van der Waals surface area contributed by atoms with Gasteiger partial charge in [0.2, 0.25) is 0 Å². The summed E-state index contributed by atoms with van der Waals surface area (Å²) in [5, 5.41) is 0. The molecule has 0 aliphatic carbocycles. The van der Waals surface area contributed by atoms with Crippen molar-refractivity contribution in [3.05, 3.63) is 176 Å². The lowest BCUT2D eigenvalue weighted by atomic mass is 10.0. The fraction of sp³-hybridized carbons (Fsp3) is 0.0435. The summed E-state index contributed by atoms with van der Waals surface area (Å²) in [5.41, 5.74) is 6.80. The largest absolute Gasteiger partial charge is 0.489 e. The normalized spacial score (nSPS) is 12.0. The van der Waals surface area contributed by atoms with Crippen molar-refractivity contribution in [3.63, 3.8) is 0 Å². The molecular weight excluding hydrogens is 859 g/mol. The van der Waals surface area contributed by atoms with Gasteiger partial charge in [0.05, 0.1) is 33.2 Å². The van der Waals surface area contributed by atoms with E-state index >= 15 is 17.6 Å². The lowest BCUT2D eigenvalue weighted by Crippen LogP contribution is -2.04. The number of hydrogen-bond acceptors (Lipinski definition) is 4. The van der Waals surface area contributed by atoms with Crippen LogP contribution in [0.4, 0.5) is 17.6 Å². The number of hydrogen-bond donors (Lipinski definition) is 2. The Labute approximate surface area is 342 Å².